The zero-order valence-electron chi connectivity index (χ0n) is 8.34. The minimum atomic E-state index is 0.397. The number of benzene rings is 1. The summed E-state index contributed by atoms with van der Waals surface area (Å²) in [6, 6.07) is 6.91. The molecule has 0 N–H and O–H groups in total. The first-order chi connectivity index (χ1) is 7.56. The number of nitrogens with zero attached hydrogens (tertiary/aromatic N) is 2. The monoisotopic (exact) mass is 272 g/mol. The van der Waals surface area contributed by atoms with E-state index in [4.69, 9.17) is 34.8 Å². The Labute approximate surface area is 108 Å². The Morgan fingerprint density at radius 3 is 2.38 bits per heavy atom. The van der Waals surface area contributed by atoms with Crippen LogP contribution in [0.3, 0.4) is 0 Å². The van der Waals surface area contributed by atoms with Crippen LogP contribution in [0.4, 0.5) is 0 Å². The van der Waals surface area contributed by atoms with E-state index in [-0.39, 0.29) is 0 Å². The lowest BCUT2D eigenvalue weighted by atomic mass is 10.1. The molecule has 1 heterocycles. The van der Waals surface area contributed by atoms with Crippen molar-refractivity contribution >= 4 is 34.8 Å². The number of halogens is 3. The van der Waals surface area contributed by atoms with Gasteiger partial charge in [-0.2, -0.15) is 0 Å². The minimum Gasteiger partial charge on any atom is -0.233 e. The van der Waals surface area contributed by atoms with Crippen LogP contribution in [0.5, 0.6) is 0 Å². The molecule has 0 unspecified atom stereocenters. The molecule has 82 valence electrons. The van der Waals surface area contributed by atoms with E-state index in [1.165, 1.54) is 0 Å². The van der Waals surface area contributed by atoms with Gasteiger partial charge in [0.2, 0.25) is 0 Å². The van der Waals surface area contributed by atoms with Crippen LogP contribution in [-0.2, 0) is 0 Å². The number of hydrogen-bond acceptors (Lipinski definition) is 2. The number of aromatic nitrogens is 2. The van der Waals surface area contributed by atoms with Gasteiger partial charge in [-0.3, -0.25) is 0 Å². The van der Waals surface area contributed by atoms with E-state index in [0.717, 1.165) is 5.56 Å². The molecule has 1 aromatic heterocycles. The van der Waals surface area contributed by atoms with E-state index in [0.29, 0.717) is 26.7 Å². The van der Waals surface area contributed by atoms with Gasteiger partial charge in [0.1, 0.15) is 11.0 Å². The predicted octanol–water partition coefficient (Wildman–Crippen LogP) is 4.41. The molecule has 16 heavy (non-hydrogen) atoms. The van der Waals surface area contributed by atoms with Gasteiger partial charge in [-0.05, 0) is 25.1 Å². The molecule has 1 aromatic carbocycles. The molecule has 2 rings (SSSR count). The highest BCUT2D eigenvalue weighted by atomic mass is 35.5. The summed E-state index contributed by atoms with van der Waals surface area (Å²) in [5, 5.41) is 1.53. The zero-order chi connectivity index (χ0) is 11.7. The average Bonchev–Trinajstić information content (AvgIpc) is 2.15. The first-order valence-electron chi connectivity index (χ1n) is 4.53. The molecular weight excluding hydrogens is 266 g/mol. The Hall–Kier alpha value is -0.830. The van der Waals surface area contributed by atoms with Crippen molar-refractivity contribution in [3.63, 3.8) is 0 Å². The fraction of sp³-hybridized carbons (Fsp3) is 0.0909. The molecule has 0 aliphatic rings. The molecule has 0 radical (unpaired) electrons. The summed E-state index contributed by atoms with van der Waals surface area (Å²) in [7, 11) is 0. The van der Waals surface area contributed by atoms with E-state index in [1.807, 2.05) is 6.07 Å². The lowest BCUT2D eigenvalue weighted by Gasteiger charge is -2.05. The molecule has 0 spiro atoms. The Morgan fingerprint density at radius 2 is 1.75 bits per heavy atom. The smallest absolute Gasteiger partial charge is 0.133 e. The molecule has 0 amide bonds. The van der Waals surface area contributed by atoms with Crippen LogP contribution in [0.2, 0.25) is 15.2 Å². The molecule has 0 fully saturated rings. The van der Waals surface area contributed by atoms with Crippen molar-refractivity contribution in [2.45, 2.75) is 6.92 Å². The second kappa shape index (κ2) is 4.58. The lowest BCUT2D eigenvalue weighted by Crippen LogP contribution is -1.92. The fourth-order valence-electron chi connectivity index (χ4n) is 1.37. The second-order valence-electron chi connectivity index (χ2n) is 3.25. The van der Waals surface area contributed by atoms with Crippen molar-refractivity contribution in [1.29, 1.82) is 0 Å². The van der Waals surface area contributed by atoms with E-state index in [9.17, 15) is 0 Å². The van der Waals surface area contributed by atoms with Crippen molar-refractivity contribution in [3.8, 4) is 11.3 Å². The van der Waals surface area contributed by atoms with Gasteiger partial charge < -0.3 is 0 Å². The first kappa shape index (κ1) is 11.6. The largest absolute Gasteiger partial charge is 0.233 e. The predicted molar refractivity (Wildman–Crippen MR) is 67.2 cm³/mol. The fourth-order valence-corrected chi connectivity index (χ4v) is 2.10. The van der Waals surface area contributed by atoms with E-state index in [1.54, 1.807) is 25.1 Å². The summed E-state index contributed by atoms with van der Waals surface area (Å²) < 4.78 is 0. The number of aryl methyl sites for hydroxylation is 1. The van der Waals surface area contributed by atoms with E-state index >= 15 is 0 Å². The standard InChI is InChI=1S/C11H7Cl3N2/c1-6-15-10(5-11(14)16-6)8-3-2-7(12)4-9(8)13/h2-5H,1H3. The normalized spacial score (nSPS) is 10.5. The summed E-state index contributed by atoms with van der Waals surface area (Å²) in [4.78, 5) is 8.26. The van der Waals surface area contributed by atoms with Crippen LogP contribution in [0.25, 0.3) is 11.3 Å². The molecule has 5 heteroatoms. The SMILES string of the molecule is Cc1nc(Cl)cc(-c2ccc(Cl)cc2Cl)n1. The highest BCUT2D eigenvalue weighted by molar-refractivity contribution is 6.36. The van der Waals surface area contributed by atoms with E-state index < -0.39 is 0 Å². The Kier molecular flexibility index (Phi) is 3.33. The summed E-state index contributed by atoms with van der Waals surface area (Å²) in [5.41, 5.74) is 1.48. The maximum Gasteiger partial charge on any atom is 0.133 e. The summed E-state index contributed by atoms with van der Waals surface area (Å²) >= 11 is 17.8. The van der Waals surface area contributed by atoms with Gasteiger partial charge in [-0.15, -0.1) is 0 Å². The van der Waals surface area contributed by atoms with Gasteiger partial charge in [-0.25, -0.2) is 9.97 Å². The van der Waals surface area contributed by atoms with Gasteiger partial charge >= 0.3 is 0 Å². The molecule has 0 bridgehead atoms. The average molecular weight is 274 g/mol. The van der Waals surface area contributed by atoms with Gasteiger partial charge in [0, 0.05) is 16.7 Å². The molecule has 0 aliphatic carbocycles. The third-order valence-electron chi connectivity index (χ3n) is 2.01. The van der Waals surface area contributed by atoms with Crippen LogP contribution >= 0.6 is 34.8 Å². The molecule has 0 saturated heterocycles. The highest BCUT2D eigenvalue weighted by Crippen LogP contribution is 2.29. The first-order valence-corrected chi connectivity index (χ1v) is 5.66. The van der Waals surface area contributed by atoms with Crippen molar-refractivity contribution < 1.29 is 0 Å². The highest BCUT2D eigenvalue weighted by Gasteiger charge is 2.07. The van der Waals surface area contributed by atoms with Gasteiger partial charge in [0.25, 0.3) is 0 Å². The maximum atomic E-state index is 6.08. The van der Waals surface area contributed by atoms with Crippen LogP contribution in [-0.4, -0.2) is 9.97 Å². The molecule has 2 nitrogen and oxygen atoms in total. The van der Waals surface area contributed by atoms with Crippen LogP contribution in [0.15, 0.2) is 24.3 Å². The van der Waals surface area contributed by atoms with Crippen molar-refractivity contribution in [2.75, 3.05) is 0 Å². The third-order valence-corrected chi connectivity index (χ3v) is 2.76. The minimum absolute atomic E-state index is 0.397. The van der Waals surface area contributed by atoms with Crippen LogP contribution in [0, 0.1) is 6.92 Å². The number of rotatable bonds is 1. The van der Waals surface area contributed by atoms with E-state index in [2.05, 4.69) is 9.97 Å². The Balaban J connectivity index is 2.58. The molecular formula is C11H7Cl3N2. The zero-order valence-corrected chi connectivity index (χ0v) is 10.6. The third kappa shape index (κ3) is 2.46. The van der Waals surface area contributed by atoms with Crippen molar-refractivity contribution in [1.82, 2.24) is 9.97 Å². The Bertz CT molecular complexity index is 520. The summed E-state index contributed by atoms with van der Waals surface area (Å²) in [6.45, 7) is 1.78. The quantitative estimate of drug-likeness (QED) is 0.719. The summed E-state index contributed by atoms with van der Waals surface area (Å²) in [5.74, 6) is 0.605. The van der Waals surface area contributed by atoms with Gasteiger partial charge in [0.15, 0.2) is 0 Å². The van der Waals surface area contributed by atoms with Crippen molar-refractivity contribution in [2.24, 2.45) is 0 Å². The van der Waals surface area contributed by atoms with Crippen LogP contribution < -0.4 is 0 Å². The summed E-state index contributed by atoms with van der Waals surface area (Å²) in [6.07, 6.45) is 0. The molecule has 0 atom stereocenters. The maximum absolute atomic E-state index is 6.08. The molecule has 0 aliphatic heterocycles. The second-order valence-corrected chi connectivity index (χ2v) is 4.48. The number of hydrogen-bond donors (Lipinski definition) is 0. The van der Waals surface area contributed by atoms with Crippen molar-refractivity contribution in [3.05, 3.63) is 45.3 Å². The Morgan fingerprint density at radius 1 is 1.00 bits per heavy atom. The lowest BCUT2D eigenvalue weighted by molar-refractivity contribution is 1.06. The molecule has 2 aromatic rings. The molecule has 0 saturated carbocycles. The van der Waals surface area contributed by atoms with Gasteiger partial charge in [-0.1, -0.05) is 34.8 Å². The van der Waals surface area contributed by atoms with Gasteiger partial charge in [0.05, 0.1) is 10.7 Å². The van der Waals surface area contributed by atoms with Crippen LogP contribution in [0.1, 0.15) is 5.82 Å². The topological polar surface area (TPSA) is 25.8 Å².